The van der Waals surface area contributed by atoms with Gasteiger partial charge in [-0.2, -0.15) is 0 Å². The van der Waals surface area contributed by atoms with E-state index in [1.165, 1.54) is 10.4 Å². The number of unbranched alkanes of at least 4 members (excludes halogenated alkanes) is 2. The van der Waals surface area contributed by atoms with Gasteiger partial charge in [-0.25, -0.2) is 8.70 Å². The summed E-state index contributed by atoms with van der Waals surface area (Å²) in [6, 6.07) is 13.5. The highest BCUT2D eigenvalue weighted by Gasteiger charge is 2.42. The monoisotopic (exact) mass is 365 g/mol. The van der Waals surface area contributed by atoms with Crippen LogP contribution in [0.4, 0.5) is 21.5 Å². The Morgan fingerprint density at radius 1 is 0.920 bits per heavy atom. The van der Waals surface area contributed by atoms with E-state index in [-0.39, 0.29) is 5.69 Å². The topological polar surface area (TPSA) is 59.0 Å². The molecule has 25 heavy (non-hydrogen) atoms. The number of halogens is 1. The highest BCUT2D eigenvalue weighted by molar-refractivity contribution is 8.27. The molecule has 0 radical (unpaired) electrons. The quantitative estimate of drug-likeness (QED) is 0.618. The van der Waals surface area contributed by atoms with Gasteiger partial charge < -0.3 is 5.32 Å². The molecule has 0 spiro atoms. The van der Waals surface area contributed by atoms with Gasteiger partial charge in [0.05, 0.1) is 11.4 Å². The fourth-order valence-electron chi connectivity index (χ4n) is 3.06. The second-order valence-corrected chi connectivity index (χ2v) is 7.78. The van der Waals surface area contributed by atoms with E-state index in [0.29, 0.717) is 12.2 Å². The second kappa shape index (κ2) is 7.61. The molecule has 2 aromatic carbocycles. The predicted octanol–water partition coefficient (Wildman–Crippen LogP) is 4.75. The molecule has 0 fully saturated rings. The van der Waals surface area contributed by atoms with E-state index < -0.39 is 16.8 Å². The van der Waals surface area contributed by atoms with E-state index in [2.05, 4.69) is 5.32 Å². The van der Waals surface area contributed by atoms with Crippen molar-refractivity contribution in [2.24, 2.45) is 0 Å². The third-order valence-corrected chi connectivity index (χ3v) is 6.12. The first-order valence-electron chi connectivity index (χ1n) is 8.41. The molecule has 1 heterocycles. The van der Waals surface area contributed by atoms with Gasteiger partial charge in [-0.3, -0.25) is 13.4 Å². The molecule has 0 saturated heterocycles. The summed E-state index contributed by atoms with van der Waals surface area (Å²) in [5.41, 5.74) is 1.51. The van der Waals surface area contributed by atoms with Gasteiger partial charge in [-0.05, 0) is 61.7 Å². The smallest absolute Gasteiger partial charge is 0.148 e. The van der Waals surface area contributed by atoms with Crippen LogP contribution in [0.2, 0.25) is 0 Å². The number of fused-ring (bicyclic) bond motifs is 1. The number of nitrogens with one attached hydrogen (secondary N) is 1. The summed E-state index contributed by atoms with van der Waals surface area (Å²) in [6.07, 6.45) is 2.84. The second-order valence-electron chi connectivity index (χ2n) is 5.99. The molecule has 136 valence electrons. The zero-order valence-corrected chi connectivity index (χ0v) is 15.0. The molecule has 1 aliphatic rings. The van der Waals surface area contributed by atoms with E-state index in [4.69, 9.17) is 0 Å². The van der Waals surface area contributed by atoms with Crippen LogP contribution in [0.5, 0.6) is 0 Å². The molecule has 0 aromatic heterocycles. The average molecular weight is 365 g/mol. The Labute approximate surface area is 149 Å². The van der Waals surface area contributed by atoms with Gasteiger partial charge >= 0.3 is 0 Å². The van der Waals surface area contributed by atoms with Crippen LogP contribution >= 0.6 is 11.0 Å². The highest BCUT2D eigenvalue weighted by atomic mass is 32.3. The average Bonchev–Trinajstić information content (AvgIpc) is 2.82. The van der Waals surface area contributed by atoms with Crippen LogP contribution in [-0.2, 0) is 0 Å². The number of hydrogen-bond acceptors (Lipinski definition) is 5. The summed E-state index contributed by atoms with van der Waals surface area (Å²) in [7, 11) is -1.43. The molecule has 2 aromatic rings. The van der Waals surface area contributed by atoms with Crippen molar-refractivity contribution < 1.29 is 13.5 Å². The third-order valence-electron chi connectivity index (χ3n) is 4.27. The number of nitrogens with zero attached hydrogens (tertiary/aromatic N) is 2. The van der Waals surface area contributed by atoms with E-state index in [0.717, 1.165) is 31.5 Å². The molecule has 5 nitrogen and oxygen atoms in total. The van der Waals surface area contributed by atoms with Gasteiger partial charge in [-0.1, -0.05) is 30.7 Å². The number of para-hydroxylation sites is 3. The van der Waals surface area contributed by atoms with E-state index in [9.17, 15) is 13.5 Å². The van der Waals surface area contributed by atoms with Crippen LogP contribution in [0.25, 0.3) is 0 Å². The lowest BCUT2D eigenvalue weighted by atomic mass is 10.2. The van der Waals surface area contributed by atoms with Crippen molar-refractivity contribution in [1.82, 2.24) is 5.32 Å². The summed E-state index contributed by atoms with van der Waals surface area (Å²) in [4.78, 5) is 0. The molecule has 0 aliphatic carbocycles. The Balaban J connectivity index is 1.90. The normalized spacial score (nSPS) is 16.8. The maximum atomic E-state index is 14.3. The Morgan fingerprint density at radius 3 is 2.24 bits per heavy atom. The van der Waals surface area contributed by atoms with Crippen molar-refractivity contribution >= 4 is 28.0 Å². The third kappa shape index (κ3) is 3.46. The van der Waals surface area contributed by atoms with Crippen molar-refractivity contribution in [2.45, 2.75) is 19.3 Å². The van der Waals surface area contributed by atoms with E-state index in [1.54, 1.807) is 28.6 Å². The molecule has 0 saturated carbocycles. The maximum Gasteiger partial charge on any atom is 0.148 e. The largest absolute Gasteiger partial charge is 0.320 e. The minimum atomic E-state index is -3.34. The van der Waals surface area contributed by atoms with Gasteiger partial charge in [-0.15, -0.1) is 0 Å². The van der Waals surface area contributed by atoms with Crippen molar-refractivity contribution in [3.05, 3.63) is 54.3 Å². The summed E-state index contributed by atoms with van der Waals surface area (Å²) >= 11 is 0. The maximum absolute atomic E-state index is 14.3. The van der Waals surface area contributed by atoms with Crippen LogP contribution in [-0.4, -0.2) is 29.2 Å². The lowest BCUT2D eigenvalue weighted by molar-refractivity contribution is 0.481. The summed E-state index contributed by atoms with van der Waals surface area (Å²) in [6.45, 7) is 1.45. The highest BCUT2D eigenvalue weighted by Crippen LogP contribution is 2.64. The molecule has 3 rings (SSSR count). The van der Waals surface area contributed by atoms with Crippen LogP contribution in [0.1, 0.15) is 19.3 Å². The molecule has 3 N–H and O–H groups in total. The zero-order valence-electron chi connectivity index (χ0n) is 14.2. The fraction of sp³-hybridized carbons (Fsp3) is 0.333. The first-order valence-corrected chi connectivity index (χ1v) is 9.88. The number of benzene rings is 2. The Hall–Kier alpha value is -1.80. The van der Waals surface area contributed by atoms with E-state index >= 15 is 0 Å². The summed E-state index contributed by atoms with van der Waals surface area (Å²) < 4.78 is 39.1. The van der Waals surface area contributed by atoms with Gasteiger partial charge in [0.1, 0.15) is 11.5 Å². The van der Waals surface area contributed by atoms with Crippen LogP contribution in [0.15, 0.2) is 48.5 Å². The molecule has 0 bridgehead atoms. The van der Waals surface area contributed by atoms with Crippen molar-refractivity contribution in [1.29, 1.82) is 0 Å². The van der Waals surface area contributed by atoms with Crippen molar-refractivity contribution in [2.75, 3.05) is 28.7 Å². The van der Waals surface area contributed by atoms with Crippen molar-refractivity contribution in [3.63, 3.8) is 0 Å². The molecule has 7 heteroatoms. The summed E-state index contributed by atoms with van der Waals surface area (Å²) in [5, 5.41) is 3.11. The summed E-state index contributed by atoms with van der Waals surface area (Å²) in [5.74, 6) is -0.479. The number of rotatable bonds is 7. The number of anilines is 3. The fourth-order valence-corrected chi connectivity index (χ4v) is 4.88. The van der Waals surface area contributed by atoms with Crippen molar-refractivity contribution in [3.8, 4) is 0 Å². The van der Waals surface area contributed by atoms with Crippen LogP contribution < -0.4 is 13.9 Å². The Morgan fingerprint density at radius 2 is 1.56 bits per heavy atom. The van der Waals surface area contributed by atoms with Gasteiger partial charge in [0, 0.05) is 6.54 Å². The SMILES string of the molecule is CNCCCCCN1c2ccccc2N(c2ccccc2F)S1(O)O. The first-order chi connectivity index (χ1) is 12.1. The first kappa shape index (κ1) is 18.0. The lowest BCUT2D eigenvalue weighted by Crippen LogP contribution is -2.32. The molecule has 0 atom stereocenters. The van der Waals surface area contributed by atoms with Gasteiger partial charge in [0.2, 0.25) is 0 Å². The standard InChI is InChI=1S/C18H24FN3O2S/c1-20-13-7-2-8-14-21-17-11-5-6-12-18(17)22(25(21,23)24)16-10-4-3-9-15(16)19/h3-6,9-12,20,23-24H,2,7-8,13-14H2,1H3. The van der Waals surface area contributed by atoms with Gasteiger partial charge in [0.15, 0.2) is 0 Å². The lowest BCUT2D eigenvalue weighted by Gasteiger charge is -2.43. The number of hydrogen-bond donors (Lipinski definition) is 3. The Bertz CT molecular complexity index is 729. The minimum absolute atomic E-state index is 0.174. The van der Waals surface area contributed by atoms with E-state index in [1.807, 2.05) is 25.2 Å². The Kier molecular flexibility index (Phi) is 5.48. The zero-order chi connectivity index (χ0) is 17.9. The predicted molar refractivity (Wildman–Crippen MR) is 103 cm³/mol. The van der Waals surface area contributed by atoms with Gasteiger partial charge in [0.25, 0.3) is 0 Å². The molecule has 1 aliphatic heterocycles. The molecule has 0 unspecified atom stereocenters. The van der Waals surface area contributed by atoms with Crippen LogP contribution in [0, 0.1) is 5.82 Å². The molecule has 0 amide bonds. The molecular formula is C18H24FN3O2S. The minimum Gasteiger partial charge on any atom is -0.320 e. The molecular weight excluding hydrogens is 341 g/mol. The van der Waals surface area contributed by atoms with Crippen LogP contribution in [0.3, 0.4) is 0 Å².